The van der Waals surface area contributed by atoms with Gasteiger partial charge in [-0.25, -0.2) is 9.97 Å². The van der Waals surface area contributed by atoms with E-state index < -0.39 is 0 Å². The molecule has 1 atom stereocenters. The Bertz CT molecular complexity index is 457. The average Bonchev–Trinajstić information content (AvgIpc) is 2.53. The number of nitrogens with one attached hydrogen (secondary N) is 1. The maximum atomic E-state index is 6.04. The van der Waals surface area contributed by atoms with Crippen LogP contribution in [0.15, 0.2) is 6.20 Å². The Morgan fingerprint density at radius 3 is 2.67 bits per heavy atom. The van der Waals surface area contributed by atoms with Crippen LogP contribution in [0.5, 0.6) is 0 Å². The van der Waals surface area contributed by atoms with Gasteiger partial charge in [0.2, 0.25) is 0 Å². The first kappa shape index (κ1) is 16.4. The molecule has 1 unspecified atom stereocenters. The Morgan fingerprint density at radius 2 is 2.05 bits per heavy atom. The Balaban J connectivity index is 2.35. The van der Waals surface area contributed by atoms with Crippen LogP contribution in [0.4, 0.5) is 0 Å². The zero-order chi connectivity index (χ0) is 15.3. The molecule has 2 rings (SSSR count). The van der Waals surface area contributed by atoms with Gasteiger partial charge in [-0.1, -0.05) is 20.8 Å². The Morgan fingerprint density at radius 1 is 1.29 bits per heavy atom. The summed E-state index contributed by atoms with van der Waals surface area (Å²) in [7, 11) is 0. The third kappa shape index (κ3) is 3.27. The van der Waals surface area contributed by atoms with Gasteiger partial charge in [-0.2, -0.15) is 0 Å². The van der Waals surface area contributed by atoms with E-state index in [1.807, 2.05) is 13.1 Å². The van der Waals surface area contributed by atoms with E-state index in [1.165, 1.54) is 24.1 Å². The number of hydrogen-bond donors (Lipinski definition) is 1. The molecule has 1 N–H and O–H groups in total. The molecule has 0 aliphatic heterocycles. The van der Waals surface area contributed by atoms with Gasteiger partial charge in [0.15, 0.2) is 5.82 Å². The zero-order valence-corrected chi connectivity index (χ0v) is 13.9. The summed E-state index contributed by atoms with van der Waals surface area (Å²) in [4.78, 5) is 9.58. The third-order valence-electron chi connectivity index (χ3n) is 4.60. The average molecular weight is 291 g/mol. The SMILES string of the molecule is CCNC1CCCc2nc(C(CC)(CC)OCC)ncc21. The van der Waals surface area contributed by atoms with E-state index in [1.54, 1.807) is 0 Å². The van der Waals surface area contributed by atoms with Crippen LogP contribution in [0.3, 0.4) is 0 Å². The van der Waals surface area contributed by atoms with Gasteiger partial charge in [0.05, 0.1) is 0 Å². The molecular formula is C17H29N3O. The summed E-state index contributed by atoms with van der Waals surface area (Å²) in [6.45, 7) is 10.2. The van der Waals surface area contributed by atoms with Gasteiger partial charge in [-0.3, -0.25) is 0 Å². The van der Waals surface area contributed by atoms with Crippen molar-refractivity contribution >= 4 is 0 Å². The van der Waals surface area contributed by atoms with E-state index in [2.05, 4.69) is 31.1 Å². The fourth-order valence-electron chi connectivity index (χ4n) is 3.34. The first-order valence-electron chi connectivity index (χ1n) is 8.44. The second-order valence-corrected chi connectivity index (χ2v) is 5.73. The minimum Gasteiger partial charge on any atom is -0.367 e. The maximum Gasteiger partial charge on any atom is 0.160 e. The van der Waals surface area contributed by atoms with E-state index in [4.69, 9.17) is 9.72 Å². The second-order valence-electron chi connectivity index (χ2n) is 5.73. The molecule has 0 fully saturated rings. The van der Waals surface area contributed by atoms with E-state index in [0.29, 0.717) is 12.6 Å². The molecule has 1 aromatic rings. The molecule has 0 amide bonds. The largest absolute Gasteiger partial charge is 0.367 e. The van der Waals surface area contributed by atoms with Crippen LogP contribution in [0, 0.1) is 0 Å². The number of rotatable bonds is 7. The fraction of sp³-hybridized carbons (Fsp3) is 0.765. The smallest absolute Gasteiger partial charge is 0.160 e. The fourth-order valence-corrected chi connectivity index (χ4v) is 3.34. The zero-order valence-electron chi connectivity index (χ0n) is 13.9. The molecule has 0 bridgehead atoms. The van der Waals surface area contributed by atoms with E-state index in [9.17, 15) is 0 Å². The van der Waals surface area contributed by atoms with Gasteiger partial charge < -0.3 is 10.1 Å². The van der Waals surface area contributed by atoms with Crippen molar-refractivity contribution in [2.75, 3.05) is 13.2 Å². The molecule has 1 heterocycles. The van der Waals surface area contributed by atoms with E-state index in [0.717, 1.165) is 31.6 Å². The Hall–Kier alpha value is -1.00. The van der Waals surface area contributed by atoms with Crippen molar-refractivity contribution in [3.8, 4) is 0 Å². The summed E-state index contributed by atoms with van der Waals surface area (Å²) in [6.07, 6.45) is 7.29. The van der Waals surface area contributed by atoms with Crippen molar-refractivity contribution in [3.63, 3.8) is 0 Å². The molecule has 0 aromatic carbocycles. The van der Waals surface area contributed by atoms with Crippen LogP contribution in [0.25, 0.3) is 0 Å². The van der Waals surface area contributed by atoms with Crippen molar-refractivity contribution in [1.82, 2.24) is 15.3 Å². The van der Waals surface area contributed by atoms with Crippen LogP contribution in [0.2, 0.25) is 0 Å². The minimum absolute atomic E-state index is 0.324. The lowest BCUT2D eigenvalue weighted by atomic mass is 9.90. The number of hydrogen-bond acceptors (Lipinski definition) is 4. The van der Waals surface area contributed by atoms with Crippen LogP contribution < -0.4 is 5.32 Å². The standard InChI is InChI=1S/C17H29N3O/c1-5-17(6-2,21-8-4)16-19-12-13-14(18-7-3)10-9-11-15(13)20-16/h12,14,18H,5-11H2,1-4H3. The Labute approximate surface area is 128 Å². The second kappa shape index (κ2) is 7.32. The van der Waals surface area contributed by atoms with Crippen LogP contribution in [0.1, 0.15) is 76.5 Å². The van der Waals surface area contributed by atoms with Gasteiger partial charge in [0.25, 0.3) is 0 Å². The van der Waals surface area contributed by atoms with Crippen molar-refractivity contribution < 1.29 is 4.74 Å². The molecule has 4 heteroatoms. The first-order chi connectivity index (χ1) is 10.2. The molecule has 0 saturated carbocycles. The van der Waals surface area contributed by atoms with Gasteiger partial charge in [-0.15, -0.1) is 0 Å². The van der Waals surface area contributed by atoms with Crippen LogP contribution in [-0.2, 0) is 16.8 Å². The van der Waals surface area contributed by atoms with Crippen molar-refractivity contribution in [3.05, 3.63) is 23.3 Å². The van der Waals surface area contributed by atoms with Crippen LogP contribution >= 0.6 is 0 Å². The summed E-state index contributed by atoms with van der Waals surface area (Å²) in [6, 6.07) is 0.414. The summed E-state index contributed by atoms with van der Waals surface area (Å²) >= 11 is 0. The van der Waals surface area contributed by atoms with Gasteiger partial charge in [0.1, 0.15) is 5.60 Å². The van der Waals surface area contributed by atoms with E-state index in [-0.39, 0.29) is 5.60 Å². The van der Waals surface area contributed by atoms with Gasteiger partial charge >= 0.3 is 0 Å². The summed E-state index contributed by atoms with van der Waals surface area (Å²) in [5, 5.41) is 3.54. The van der Waals surface area contributed by atoms with Crippen LogP contribution in [-0.4, -0.2) is 23.1 Å². The van der Waals surface area contributed by atoms with Crippen molar-refractivity contribution in [1.29, 1.82) is 0 Å². The van der Waals surface area contributed by atoms with E-state index >= 15 is 0 Å². The number of fused-ring (bicyclic) bond motifs is 1. The minimum atomic E-state index is -0.324. The molecule has 4 nitrogen and oxygen atoms in total. The predicted octanol–water partition coefficient (Wildman–Crippen LogP) is 3.52. The summed E-state index contributed by atoms with van der Waals surface area (Å²) < 4.78 is 6.04. The summed E-state index contributed by atoms with van der Waals surface area (Å²) in [5.74, 6) is 0.866. The lowest BCUT2D eigenvalue weighted by molar-refractivity contribution is -0.0573. The molecule has 21 heavy (non-hydrogen) atoms. The molecule has 1 aliphatic carbocycles. The molecule has 118 valence electrons. The number of nitrogens with zero attached hydrogens (tertiary/aromatic N) is 2. The predicted molar refractivity (Wildman–Crippen MR) is 85.3 cm³/mol. The maximum absolute atomic E-state index is 6.04. The van der Waals surface area contributed by atoms with Crippen molar-refractivity contribution in [2.24, 2.45) is 0 Å². The molecule has 1 aliphatic rings. The Kier molecular flexibility index (Phi) is 5.71. The molecule has 0 saturated heterocycles. The van der Waals surface area contributed by atoms with Gasteiger partial charge in [0, 0.05) is 30.1 Å². The number of aromatic nitrogens is 2. The van der Waals surface area contributed by atoms with Gasteiger partial charge in [-0.05, 0) is 45.6 Å². The lowest BCUT2D eigenvalue weighted by Gasteiger charge is -2.32. The quantitative estimate of drug-likeness (QED) is 0.835. The number of aryl methyl sites for hydroxylation is 1. The van der Waals surface area contributed by atoms with Crippen molar-refractivity contribution in [2.45, 2.75) is 71.4 Å². The highest BCUT2D eigenvalue weighted by molar-refractivity contribution is 5.25. The highest BCUT2D eigenvalue weighted by Crippen LogP contribution is 2.34. The monoisotopic (exact) mass is 291 g/mol. The molecule has 0 spiro atoms. The number of ether oxygens (including phenoxy) is 1. The summed E-state index contributed by atoms with van der Waals surface area (Å²) in [5.41, 5.74) is 2.17. The highest BCUT2D eigenvalue weighted by Gasteiger charge is 2.33. The third-order valence-corrected chi connectivity index (χ3v) is 4.60. The molecular weight excluding hydrogens is 262 g/mol. The highest BCUT2D eigenvalue weighted by atomic mass is 16.5. The topological polar surface area (TPSA) is 47.0 Å². The first-order valence-corrected chi connectivity index (χ1v) is 8.44. The normalized spacial score (nSPS) is 18.6. The molecule has 0 radical (unpaired) electrons. The lowest BCUT2D eigenvalue weighted by Crippen LogP contribution is -2.33. The molecule has 1 aromatic heterocycles.